The van der Waals surface area contributed by atoms with E-state index in [-0.39, 0.29) is 6.10 Å². The highest BCUT2D eigenvalue weighted by atomic mass is 16.5. The second kappa shape index (κ2) is 6.10. The van der Waals surface area contributed by atoms with Gasteiger partial charge in [-0.2, -0.15) is 0 Å². The minimum absolute atomic E-state index is 0.279. The normalized spacial score (nSPS) is 22.4. The van der Waals surface area contributed by atoms with Gasteiger partial charge in [0.15, 0.2) is 0 Å². The second-order valence-electron chi connectivity index (χ2n) is 5.56. The van der Waals surface area contributed by atoms with E-state index in [9.17, 15) is 0 Å². The third-order valence-corrected chi connectivity index (χ3v) is 3.93. The molecule has 2 aromatic rings. The van der Waals surface area contributed by atoms with Gasteiger partial charge in [0.25, 0.3) is 0 Å². The quantitative estimate of drug-likeness (QED) is 0.912. The van der Waals surface area contributed by atoms with Gasteiger partial charge < -0.3 is 10.5 Å². The van der Waals surface area contributed by atoms with Gasteiger partial charge in [-0.25, -0.2) is 0 Å². The molecule has 1 saturated carbocycles. The molecule has 0 aromatic heterocycles. The predicted octanol–water partition coefficient (Wildman–Crippen LogP) is 4.00. The van der Waals surface area contributed by atoms with Crippen LogP contribution in [-0.4, -0.2) is 12.1 Å². The highest BCUT2D eigenvalue weighted by Gasteiger charge is 2.20. The average molecular weight is 267 g/mol. The maximum atomic E-state index is 6.04. The number of rotatable bonds is 3. The van der Waals surface area contributed by atoms with Crippen molar-refractivity contribution in [3.63, 3.8) is 0 Å². The van der Waals surface area contributed by atoms with Crippen molar-refractivity contribution in [2.24, 2.45) is 5.73 Å². The largest absolute Gasteiger partial charge is 0.490 e. The summed E-state index contributed by atoms with van der Waals surface area (Å²) >= 11 is 0. The molecule has 3 rings (SSSR count). The summed E-state index contributed by atoms with van der Waals surface area (Å²) in [6.07, 6.45) is 4.68. The van der Waals surface area contributed by atoms with Crippen LogP contribution in [0.25, 0.3) is 11.1 Å². The molecule has 1 fully saturated rings. The van der Waals surface area contributed by atoms with Crippen LogP contribution < -0.4 is 10.5 Å². The fourth-order valence-corrected chi connectivity index (χ4v) is 2.84. The molecule has 2 N–H and O–H groups in total. The lowest BCUT2D eigenvalue weighted by Crippen LogP contribution is -2.33. The monoisotopic (exact) mass is 267 g/mol. The molecule has 20 heavy (non-hydrogen) atoms. The maximum Gasteiger partial charge on any atom is 0.119 e. The molecule has 1 aliphatic carbocycles. The third-order valence-electron chi connectivity index (χ3n) is 3.93. The lowest BCUT2D eigenvalue weighted by atomic mass is 9.93. The predicted molar refractivity (Wildman–Crippen MR) is 82.7 cm³/mol. The van der Waals surface area contributed by atoms with Crippen LogP contribution in [0.5, 0.6) is 5.75 Å². The summed E-state index contributed by atoms with van der Waals surface area (Å²) in [5, 5.41) is 0. The molecule has 0 spiro atoms. The number of hydrogen-bond donors (Lipinski definition) is 1. The first kappa shape index (κ1) is 13.2. The van der Waals surface area contributed by atoms with E-state index in [1.165, 1.54) is 17.5 Å². The molecular formula is C18H21NO. The molecule has 0 radical (unpaired) electrons. The highest BCUT2D eigenvalue weighted by molar-refractivity contribution is 5.63. The molecule has 0 heterocycles. The summed E-state index contributed by atoms with van der Waals surface area (Å²) in [6.45, 7) is 0. The molecule has 2 unspecified atom stereocenters. The van der Waals surface area contributed by atoms with Gasteiger partial charge in [-0.3, -0.25) is 0 Å². The summed E-state index contributed by atoms with van der Waals surface area (Å²) in [6, 6.07) is 19.1. The van der Waals surface area contributed by atoms with Gasteiger partial charge in [-0.05, 0) is 48.9 Å². The number of ether oxygens (including phenoxy) is 1. The van der Waals surface area contributed by atoms with Crippen LogP contribution in [0.4, 0.5) is 0 Å². The van der Waals surface area contributed by atoms with Crippen LogP contribution in [0.2, 0.25) is 0 Å². The summed E-state index contributed by atoms with van der Waals surface area (Å²) in [7, 11) is 0. The Morgan fingerprint density at radius 2 is 1.55 bits per heavy atom. The Kier molecular flexibility index (Phi) is 4.03. The van der Waals surface area contributed by atoms with Gasteiger partial charge in [0, 0.05) is 6.04 Å². The fraction of sp³-hybridized carbons (Fsp3) is 0.333. The number of benzene rings is 2. The molecule has 0 bridgehead atoms. The van der Waals surface area contributed by atoms with Crippen LogP contribution in [0.1, 0.15) is 25.7 Å². The summed E-state index contributed by atoms with van der Waals surface area (Å²) in [5.41, 5.74) is 8.45. The fourth-order valence-electron chi connectivity index (χ4n) is 2.84. The molecule has 0 saturated heterocycles. The molecule has 104 valence electrons. The van der Waals surface area contributed by atoms with E-state index >= 15 is 0 Å². The molecule has 1 aliphatic rings. The zero-order valence-electron chi connectivity index (χ0n) is 11.7. The molecule has 0 amide bonds. The average Bonchev–Trinajstić information content (AvgIpc) is 2.49. The van der Waals surface area contributed by atoms with Gasteiger partial charge in [-0.1, -0.05) is 42.5 Å². The van der Waals surface area contributed by atoms with Crippen molar-refractivity contribution in [1.29, 1.82) is 0 Å². The molecular weight excluding hydrogens is 246 g/mol. The van der Waals surface area contributed by atoms with Crippen molar-refractivity contribution < 1.29 is 4.74 Å². The zero-order chi connectivity index (χ0) is 13.8. The van der Waals surface area contributed by atoms with E-state index in [1.807, 2.05) is 6.07 Å². The molecule has 2 heteroatoms. The van der Waals surface area contributed by atoms with Gasteiger partial charge in [0.05, 0.1) is 0 Å². The lowest BCUT2D eigenvalue weighted by molar-refractivity contribution is 0.144. The van der Waals surface area contributed by atoms with Crippen LogP contribution in [0, 0.1) is 0 Å². The molecule has 2 atom stereocenters. The first-order chi connectivity index (χ1) is 9.81. The molecule has 2 nitrogen and oxygen atoms in total. The van der Waals surface area contributed by atoms with Crippen LogP contribution in [0.15, 0.2) is 54.6 Å². The van der Waals surface area contributed by atoms with E-state index in [0.29, 0.717) is 6.04 Å². The Labute approximate surface area is 120 Å². The number of nitrogens with two attached hydrogens (primary N) is 1. The summed E-state index contributed by atoms with van der Waals surface area (Å²) in [4.78, 5) is 0. The van der Waals surface area contributed by atoms with E-state index in [0.717, 1.165) is 25.0 Å². The smallest absolute Gasteiger partial charge is 0.119 e. The number of hydrogen-bond acceptors (Lipinski definition) is 2. The third kappa shape index (κ3) is 3.20. The summed E-state index contributed by atoms with van der Waals surface area (Å²) in [5.74, 6) is 0.948. The first-order valence-corrected chi connectivity index (χ1v) is 7.39. The van der Waals surface area contributed by atoms with Crippen molar-refractivity contribution in [2.75, 3.05) is 0 Å². The standard InChI is InChI=1S/C18H21NO/c19-16-7-4-8-18(13-16)20-17-11-9-15(10-12-17)14-5-2-1-3-6-14/h1-3,5-6,9-12,16,18H,4,7-8,13,19H2. The molecule has 0 aliphatic heterocycles. The zero-order valence-corrected chi connectivity index (χ0v) is 11.7. The van der Waals surface area contributed by atoms with E-state index in [4.69, 9.17) is 10.5 Å². The topological polar surface area (TPSA) is 35.2 Å². The first-order valence-electron chi connectivity index (χ1n) is 7.39. The van der Waals surface area contributed by atoms with Gasteiger partial charge in [0.2, 0.25) is 0 Å². The van der Waals surface area contributed by atoms with Crippen molar-refractivity contribution in [1.82, 2.24) is 0 Å². The Morgan fingerprint density at radius 3 is 2.25 bits per heavy atom. The van der Waals surface area contributed by atoms with E-state index < -0.39 is 0 Å². The highest BCUT2D eigenvalue weighted by Crippen LogP contribution is 2.26. The summed E-state index contributed by atoms with van der Waals surface area (Å²) < 4.78 is 6.04. The van der Waals surface area contributed by atoms with Crippen LogP contribution in [-0.2, 0) is 0 Å². The minimum atomic E-state index is 0.279. The van der Waals surface area contributed by atoms with Crippen LogP contribution in [0.3, 0.4) is 0 Å². The maximum absolute atomic E-state index is 6.04. The minimum Gasteiger partial charge on any atom is -0.490 e. The Morgan fingerprint density at radius 1 is 0.850 bits per heavy atom. The SMILES string of the molecule is NC1CCCC(Oc2ccc(-c3ccccc3)cc2)C1. The Balaban J connectivity index is 1.67. The van der Waals surface area contributed by atoms with Crippen molar-refractivity contribution >= 4 is 0 Å². The lowest BCUT2D eigenvalue weighted by Gasteiger charge is -2.27. The van der Waals surface area contributed by atoms with Gasteiger partial charge in [-0.15, -0.1) is 0 Å². The van der Waals surface area contributed by atoms with Crippen molar-refractivity contribution in [2.45, 2.75) is 37.8 Å². The second-order valence-corrected chi connectivity index (χ2v) is 5.56. The van der Waals surface area contributed by atoms with Crippen molar-refractivity contribution in [3.8, 4) is 16.9 Å². The Hall–Kier alpha value is -1.80. The van der Waals surface area contributed by atoms with Gasteiger partial charge in [0.1, 0.15) is 11.9 Å². The Bertz CT molecular complexity index is 535. The van der Waals surface area contributed by atoms with Crippen LogP contribution >= 0.6 is 0 Å². The van der Waals surface area contributed by atoms with Crippen molar-refractivity contribution in [3.05, 3.63) is 54.6 Å². The van der Waals surface area contributed by atoms with E-state index in [2.05, 4.69) is 48.5 Å². The molecule has 2 aromatic carbocycles. The van der Waals surface area contributed by atoms with Gasteiger partial charge >= 0.3 is 0 Å². The van der Waals surface area contributed by atoms with E-state index in [1.54, 1.807) is 0 Å².